The number of alkyl halides is 3. The molecule has 1 heterocycles. The van der Waals surface area contributed by atoms with Crippen LogP contribution in [0.3, 0.4) is 0 Å². The number of imide groups is 1. The predicted molar refractivity (Wildman–Crippen MR) is 79.6 cm³/mol. The van der Waals surface area contributed by atoms with Gasteiger partial charge in [0.15, 0.2) is 0 Å². The summed E-state index contributed by atoms with van der Waals surface area (Å²) in [5.41, 5.74) is -0.530. The van der Waals surface area contributed by atoms with E-state index in [0.717, 1.165) is 23.1 Å². The number of aliphatic hydroxyl groups excluding tert-OH is 1. The van der Waals surface area contributed by atoms with E-state index in [2.05, 4.69) is 17.9 Å². The van der Waals surface area contributed by atoms with Crippen LogP contribution in [0, 0.1) is 0 Å². The second-order valence-corrected chi connectivity index (χ2v) is 5.05. The van der Waals surface area contributed by atoms with Crippen molar-refractivity contribution in [3.05, 3.63) is 41.1 Å². The van der Waals surface area contributed by atoms with E-state index in [9.17, 15) is 22.8 Å². The molecule has 0 atom stereocenters. The number of carbonyl (C=O) groups is 2. The van der Waals surface area contributed by atoms with Gasteiger partial charge in [-0.05, 0) is 17.7 Å². The lowest BCUT2D eigenvalue weighted by Gasteiger charge is -2.16. The third kappa shape index (κ3) is 3.67. The number of rotatable bonds is 5. The molecule has 0 aromatic heterocycles. The van der Waals surface area contributed by atoms with Gasteiger partial charge in [-0.2, -0.15) is 25.8 Å². The Morgan fingerprint density at radius 3 is 2.52 bits per heavy atom. The third-order valence-corrected chi connectivity index (χ3v) is 3.55. The third-order valence-electron chi connectivity index (χ3n) is 3.21. The monoisotopic (exact) mass is 346 g/mol. The Morgan fingerprint density at radius 2 is 1.96 bits per heavy atom. The highest BCUT2D eigenvalue weighted by Crippen LogP contribution is 2.33. The number of nitrogens with zero attached hydrogens (tertiary/aromatic N) is 1. The minimum atomic E-state index is -4.53. The SMILES string of the molecule is O=C1C=C(Nc2cc(C(F)(F)F)ccc2CS)C(=O)N1CCO. The lowest BCUT2D eigenvalue weighted by atomic mass is 10.1. The summed E-state index contributed by atoms with van der Waals surface area (Å²) in [6, 6.07) is 3.04. The van der Waals surface area contributed by atoms with Crippen LogP contribution < -0.4 is 5.32 Å². The molecule has 2 N–H and O–H groups in total. The quantitative estimate of drug-likeness (QED) is 0.562. The molecular formula is C14H13F3N2O3S. The lowest BCUT2D eigenvalue weighted by Crippen LogP contribution is -2.34. The van der Waals surface area contributed by atoms with Gasteiger partial charge in [0.25, 0.3) is 11.8 Å². The van der Waals surface area contributed by atoms with Gasteiger partial charge in [0.1, 0.15) is 5.70 Å². The Morgan fingerprint density at radius 1 is 1.26 bits per heavy atom. The van der Waals surface area contributed by atoms with Crippen molar-refractivity contribution in [3.63, 3.8) is 0 Å². The van der Waals surface area contributed by atoms with Crippen molar-refractivity contribution in [1.29, 1.82) is 0 Å². The Kier molecular flexibility index (Phi) is 5.00. The van der Waals surface area contributed by atoms with Crippen LogP contribution in [0.15, 0.2) is 30.0 Å². The summed E-state index contributed by atoms with van der Waals surface area (Å²) in [5, 5.41) is 11.4. The number of amides is 2. The van der Waals surface area contributed by atoms with Crippen molar-refractivity contribution in [2.75, 3.05) is 18.5 Å². The van der Waals surface area contributed by atoms with Crippen LogP contribution in [0.5, 0.6) is 0 Å². The molecule has 0 saturated carbocycles. The maximum atomic E-state index is 12.8. The molecule has 124 valence electrons. The van der Waals surface area contributed by atoms with Gasteiger partial charge >= 0.3 is 6.18 Å². The zero-order valence-corrected chi connectivity index (χ0v) is 12.6. The number of anilines is 1. The first-order valence-electron chi connectivity index (χ1n) is 6.54. The van der Waals surface area contributed by atoms with E-state index >= 15 is 0 Å². The molecule has 0 fully saturated rings. The van der Waals surface area contributed by atoms with E-state index in [0.29, 0.717) is 5.56 Å². The fraction of sp³-hybridized carbons (Fsp3) is 0.286. The minimum absolute atomic E-state index is 0.0491. The van der Waals surface area contributed by atoms with E-state index in [1.807, 2.05) is 0 Å². The Labute approximate surface area is 135 Å². The van der Waals surface area contributed by atoms with E-state index in [4.69, 9.17) is 5.11 Å². The number of nitrogens with one attached hydrogen (secondary N) is 1. The number of hydrogen-bond acceptors (Lipinski definition) is 5. The normalized spacial score (nSPS) is 15.2. The van der Waals surface area contributed by atoms with E-state index < -0.39 is 30.2 Å². The maximum Gasteiger partial charge on any atom is 0.416 e. The molecule has 0 saturated heterocycles. The Bertz CT molecular complexity index is 674. The fourth-order valence-electron chi connectivity index (χ4n) is 2.06. The summed E-state index contributed by atoms with van der Waals surface area (Å²) >= 11 is 4.04. The Balaban J connectivity index is 2.31. The standard InChI is InChI=1S/C14H13F3N2O3S/c15-14(16,17)9-2-1-8(7-23)10(5-9)18-11-6-12(21)19(3-4-20)13(11)22/h1-2,5-6,18,20,23H,3-4,7H2. The molecule has 9 heteroatoms. The molecule has 1 aromatic rings. The van der Waals surface area contributed by atoms with Gasteiger partial charge in [-0.25, -0.2) is 0 Å². The highest BCUT2D eigenvalue weighted by molar-refractivity contribution is 7.79. The molecular weight excluding hydrogens is 333 g/mol. The van der Waals surface area contributed by atoms with Crippen molar-refractivity contribution in [2.24, 2.45) is 0 Å². The summed E-state index contributed by atoms with van der Waals surface area (Å²) in [7, 11) is 0. The first-order chi connectivity index (χ1) is 10.8. The van der Waals surface area contributed by atoms with Crippen molar-refractivity contribution in [1.82, 2.24) is 4.90 Å². The largest absolute Gasteiger partial charge is 0.416 e. The topological polar surface area (TPSA) is 69.6 Å². The first-order valence-corrected chi connectivity index (χ1v) is 7.17. The number of thiol groups is 1. The van der Waals surface area contributed by atoms with Gasteiger partial charge in [0, 0.05) is 17.5 Å². The molecule has 0 spiro atoms. The molecule has 0 radical (unpaired) electrons. The maximum absolute atomic E-state index is 12.8. The van der Waals surface area contributed by atoms with Gasteiger partial charge in [0.2, 0.25) is 0 Å². The van der Waals surface area contributed by atoms with E-state index in [1.165, 1.54) is 6.07 Å². The molecule has 2 amide bonds. The molecule has 0 aliphatic carbocycles. The Hall–Kier alpha value is -2.00. The molecule has 1 aromatic carbocycles. The lowest BCUT2D eigenvalue weighted by molar-refractivity contribution is -0.138. The average Bonchev–Trinajstić information content (AvgIpc) is 2.74. The van der Waals surface area contributed by atoms with E-state index in [-0.39, 0.29) is 23.7 Å². The minimum Gasteiger partial charge on any atom is -0.395 e. The van der Waals surface area contributed by atoms with Crippen LogP contribution in [-0.4, -0.2) is 35.0 Å². The summed E-state index contributed by atoms with van der Waals surface area (Å²) in [4.78, 5) is 24.5. The van der Waals surface area contributed by atoms with Gasteiger partial charge in [-0.1, -0.05) is 6.07 Å². The van der Waals surface area contributed by atoms with Crippen LogP contribution in [0.1, 0.15) is 11.1 Å². The number of carbonyl (C=O) groups excluding carboxylic acids is 2. The number of aliphatic hydroxyl groups is 1. The van der Waals surface area contributed by atoms with Gasteiger partial charge in [-0.15, -0.1) is 0 Å². The number of hydrogen-bond donors (Lipinski definition) is 3. The zero-order chi connectivity index (χ0) is 17.2. The molecule has 5 nitrogen and oxygen atoms in total. The predicted octanol–water partition coefficient (Wildman–Crippen LogP) is 1.79. The van der Waals surface area contributed by atoms with Crippen LogP contribution in [0.2, 0.25) is 0 Å². The fourth-order valence-corrected chi connectivity index (χ4v) is 2.34. The summed E-state index contributed by atoms with van der Waals surface area (Å²) in [6.45, 7) is -0.578. The highest BCUT2D eigenvalue weighted by atomic mass is 32.1. The summed E-state index contributed by atoms with van der Waals surface area (Å²) in [6.07, 6.45) is -3.54. The molecule has 23 heavy (non-hydrogen) atoms. The van der Waals surface area contributed by atoms with Crippen molar-refractivity contribution >= 4 is 30.1 Å². The molecule has 0 bridgehead atoms. The van der Waals surface area contributed by atoms with Crippen LogP contribution >= 0.6 is 12.6 Å². The molecule has 1 aliphatic rings. The smallest absolute Gasteiger partial charge is 0.395 e. The van der Waals surface area contributed by atoms with Crippen molar-refractivity contribution in [3.8, 4) is 0 Å². The highest BCUT2D eigenvalue weighted by Gasteiger charge is 2.33. The molecule has 0 unspecified atom stereocenters. The van der Waals surface area contributed by atoms with Gasteiger partial charge < -0.3 is 10.4 Å². The van der Waals surface area contributed by atoms with Crippen LogP contribution in [0.4, 0.5) is 18.9 Å². The van der Waals surface area contributed by atoms with Crippen molar-refractivity contribution < 1.29 is 27.9 Å². The number of halogens is 3. The number of β-amino-alcohol motifs (C(OH)–C–C–N with tert-alkyl or cyclic N) is 1. The second-order valence-electron chi connectivity index (χ2n) is 4.73. The summed E-state index contributed by atoms with van der Waals surface area (Å²) in [5.74, 6) is -1.19. The van der Waals surface area contributed by atoms with Crippen LogP contribution in [0.25, 0.3) is 0 Å². The molecule has 1 aliphatic heterocycles. The van der Waals surface area contributed by atoms with Gasteiger partial charge in [-0.3, -0.25) is 14.5 Å². The van der Waals surface area contributed by atoms with E-state index in [1.54, 1.807) is 0 Å². The first kappa shape index (κ1) is 17.4. The zero-order valence-electron chi connectivity index (χ0n) is 11.7. The van der Waals surface area contributed by atoms with Gasteiger partial charge in [0.05, 0.1) is 18.7 Å². The summed E-state index contributed by atoms with van der Waals surface area (Å²) < 4.78 is 38.4. The number of benzene rings is 1. The van der Waals surface area contributed by atoms with Crippen molar-refractivity contribution in [2.45, 2.75) is 11.9 Å². The second kappa shape index (κ2) is 6.63. The van der Waals surface area contributed by atoms with Crippen LogP contribution in [-0.2, 0) is 21.5 Å². The molecule has 2 rings (SSSR count). The average molecular weight is 346 g/mol.